The molecule has 1 saturated carbocycles. The van der Waals surface area contributed by atoms with Crippen molar-refractivity contribution in [2.75, 3.05) is 39.0 Å². The van der Waals surface area contributed by atoms with Crippen molar-refractivity contribution in [2.24, 2.45) is 11.8 Å². The highest BCUT2D eigenvalue weighted by Gasteiger charge is 2.66. The third-order valence-corrected chi connectivity index (χ3v) is 13.4. The highest BCUT2D eigenvalue weighted by atomic mass is 35.5. The van der Waals surface area contributed by atoms with Gasteiger partial charge in [0.2, 0.25) is 17.6 Å². The van der Waals surface area contributed by atoms with Crippen LogP contribution in [0.4, 0.5) is 32.8 Å². The normalized spacial score (nSPS) is 17.1. The summed E-state index contributed by atoms with van der Waals surface area (Å²) in [4.78, 5) is 83.7. The molecule has 1 aromatic heterocycles. The van der Waals surface area contributed by atoms with Gasteiger partial charge in [-0.05, 0) is 140 Å². The predicted molar refractivity (Wildman–Crippen MR) is 273 cm³/mol. The first-order chi connectivity index (χ1) is 35.0. The van der Waals surface area contributed by atoms with Crippen LogP contribution in [0.2, 0.25) is 5.02 Å². The summed E-state index contributed by atoms with van der Waals surface area (Å²) in [5, 5.41) is 17.5. The number of nitrogens with one attached hydrogen (secondary N) is 5. The van der Waals surface area contributed by atoms with Crippen LogP contribution in [-0.4, -0.2) is 124 Å². The second-order valence-electron chi connectivity index (χ2n) is 21.3. The molecule has 1 atom stereocenters. The smallest absolute Gasteiger partial charge is 0.410 e. The first-order valence-electron chi connectivity index (χ1n) is 24.8. The molecule has 0 spiro atoms. The second kappa shape index (κ2) is 23.4. The molecule has 2 fully saturated rings. The van der Waals surface area contributed by atoms with Gasteiger partial charge in [0.05, 0.1) is 5.02 Å². The van der Waals surface area contributed by atoms with Gasteiger partial charge < -0.3 is 40.5 Å². The molecule has 17 nitrogen and oxygen atoms in total. The van der Waals surface area contributed by atoms with Crippen LogP contribution in [-0.2, 0) is 36.2 Å². The molecule has 2 heterocycles. The first kappa shape index (κ1) is 57.5. The predicted octanol–water partition coefficient (Wildman–Crippen LogP) is 9.04. The maximum absolute atomic E-state index is 14.9. The van der Waals surface area contributed by atoms with E-state index in [0.717, 1.165) is 19.7 Å². The van der Waals surface area contributed by atoms with Crippen LogP contribution >= 0.6 is 11.6 Å². The lowest BCUT2D eigenvalue weighted by Crippen LogP contribution is -2.50. The Morgan fingerprint density at radius 2 is 1.41 bits per heavy atom. The number of carbonyl (C=O) groups excluding carboxylic acids is 6. The molecule has 0 radical (unpaired) electrons. The maximum atomic E-state index is 14.9. The molecule has 0 bridgehead atoms. The molecule has 1 aliphatic carbocycles. The summed E-state index contributed by atoms with van der Waals surface area (Å²) in [6.45, 7) is 13.8. The van der Waals surface area contributed by atoms with Crippen molar-refractivity contribution in [3.8, 4) is 22.5 Å². The molecule has 2 aliphatic rings. The number of alkyl carbamates (subject to hydrolysis) is 1. The van der Waals surface area contributed by atoms with Crippen LogP contribution in [0.3, 0.4) is 0 Å². The van der Waals surface area contributed by atoms with Crippen LogP contribution in [0, 0.1) is 18.8 Å². The number of benzene rings is 3. The Labute approximate surface area is 438 Å². The number of H-pyrrole nitrogens is 1. The van der Waals surface area contributed by atoms with E-state index in [4.69, 9.17) is 21.1 Å². The van der Waals surface area contributed by atoms with Crippen molar-refractivity contribution < 1.29 is 55.8 Å². The molecular weight excluding hydrogens is 1000 g/mol. The Bertz CT molecular complexity index is 2710. The summed E-state index contributed by atoms with van der Waals surface area (Å²) >= 11 is 6.92. The van der Waals surface area contributed by atoms with Gasteiger partial charge in [0, 0.05) is 74.5 Å². The molecule has 0 unspecified atom stereocenters. The van der Waals surface area contributed by atoms with Crippen LogP contribution in [0.25, 0.3) is 22.5 Å². The summed E-state index contributed by atoms with van der Waals surface area (Å²) in [6.07, 6.45) is 2.64. The third kappa shape index (κ3) is 14.8. The van der Waals surface area contributed by atoms with Gasteiger partial charge in [0.1, 0.15) is 17.2 Å². The van der Waals surface area contributed by atoms with Crippen molar-refractivity contribution in [1.29, 1.82) is 0 Å². The minimum absolute atomic E-state index is 0.0592. The van der Waals surface area contributed by atoms with Gasteiger partial charge in [-0.2, -0.15) is 22.7 Å². The summed E-state index contributed by atoms with van der Waals surface area (Å²) in [5.74, 6) is -15.7. The number of likely N-dealkylation sites (tertiary alicyclic amines) is 1. The summed E-state index contributed by atoms with van der Waals surface area (Å²) in [6, 6.07) is 15.1. The molecule has 1 aliphatic heterocycles. The Hall–Kier alpha value is -6.77. The van der Waals surface area contributed by atoms with Gasteiger partial charge in [-0.1, -0.05) is 41.9 Å². The van der Waals surface area contributed by atoms with E-state index >= 15 is 0 Å². The zero-order valence-corrected chi connectivity index (χ0v) is 44.4. The monoisotopic (exact) mass is 1070 g/mol. The zero-order valence-electron chi connectivity index (χ0n) is 43.6. The highest BCUT2D eigenvalue weighted by Crippen LogP contribution is 2.43. The van der Waals surface area contributed by atoms with E-state index in [1.807, 2.05) is 32.9 Å². The molecule has 6 rings (SSSR count). The molecule has 4 aromatic rings. The molecule has 5 N–H and O–H groups in total. The summed E-state index contributed by atoms with van der Waals surface area (Å²) in [5.41, 5.74) is 2.21. The number of piperidine rings is 1. The van der Waals surface area contributed by atoms with Crippen molar-refractivity contribution in [3.63, 3.8) is 0 Å². The number of nitrogens with zero attached hydrogens (tertiary/aromatic N) is 4. The van der Waals surface area contributed by atoms with Gasteiger partial charge in [-0.3, -0.25) is 24.3 Å². The van der Waals surface area contributed by atoms with Crippen molar-refractivity contribution in [3.05, 3.63) is 88.2 Å². The van der Waals surface area contributed by atoms with Crippen molar-refractivity contribution >= 4 is 53.1 Å². The number of carbonyl (C=O) groups is 6. The van der Waals surface area contributed by atoms with E-state index < -0.39 is 58.7 Å². The van der Waals surface area contributed by atoms with Gasteiger partial charge in [-0.25, -0.2) is 14.6 Å². The van der Waals surface area contributed by atoms with E-state index in [0.29, 0.717) is 90.3 Å². The molecule has 3 aromatic carbocycles. The number of hydrogen-bond acceptors (Lipinski definition) is 10. The number of aromatic nitrogens is 3. The average molecular weight is 1070 g/mol. The Morgan fingerprint density at radius 1 is 0.813 bits per heavy atom. The molecule has 406 valence electrons. The van der Waals surface area contributed by atoms with Gasteiger partial charge in [-0.15, -0.1) is 0 Å². The number of alkyl halides is 4. The minimum Gasteiger partial charge on any atom is -0.444 e. The van der Waals surface area contributed by atoms with E-state index in [2.05, 4.69) is 36.4 Å². The van der Waals surface area contributed by atoms with E-state index in [1.54, 1.807) is 56.9 Å². The number of amides is 6. The number of aromatic amines is 1. The highest BCUT2D eigenvalue weighted by molar-refractivity contribution is 6.34. The molecule has 22 heteroatoms. The fraction of sp³-hybridized carbons (Fsp3) is 0.509. The van der Waals surface area contributed by atoms with Crippen LogP contribution in [0.5, 0.6) is 0 Å². The van der Waals surface area contributed by atoms with E-state index in [1.165, 1.54) is 24.3 Å². The second-order valence-corrected chi connectivity index (χ2v) is 21.7. The van der Waals surface area contributed by atoms with Gasteiger partial charge >= 0.3 is 24.0 Å². The van der Waals surface area contributed by atoms with Gasteiger partial charge in [0.15, 0.2) is 5.82 Å². The number of ether oxygens (including phenoxy) is 2. The first-order valence-corrected chi connectivity index (χ1v) is 25.2. The quantitative estimate of drug-likeness (QED) is 0.0712. The Kier molecular flexibility index (Phi) is 18.0. The van der Waals surface area contributed by atoms with Crippen LogP contribution in [0.1, 0.15) is 107 Å². The van der Waals surface area contributed by atoms with Crippen LogP contribution in [0.15, 0.2) is 60.7 Å². The molecule has 6 amide bonds. The number of halogens is 5. The number of rotatable bonds is 15. The minimum atomic E-state index is -5.13. The van der Waals surface area contributed by atoms with Crippen molar-refractivity contribution in [1.82, 2.24) is 40.9 Å². The van der Waals surface area contributed by atoms with Crippen LogP contribution < -0.4 is 21.3 Å². The zero-order chi connectivity index (χ0) is 55.2. The largest absolute Gasteiger partial charge is 0.444 e. The molecular formula is C53H66ClF4N9O8. The average Bonchev–Trinajstić information content (AvgIpc) is 3.85. The fourth-order valence-electron chi connectivity index (χ4n) is 8.70. The Balaban J connectivity index is 1.13. The lowest BCUT2D eigenvalue weighted by Gasteiger charge is -2.33. The van der Waals surface area contributed by atoms with E-state index in [-0.39, 0.29) is 53.4 Å². The summed E-state index contributed by atoms with van der Waals surface area (Å²) in [7, 11) is 1.83. The topological polar surface area (TPSA) is 217 Å². The SMILES string of the molecule is Cc1c(C(=O)NC2CCN(C(=O)OC(C)(C)C)CC2)ccc(-c2ccc(C[C@H](NC(=O)[C@H]3CC[C@H](CNC(=O)OC(C)(C)C)CC3)C(=O)Nc3ccc(-c4nc(C(F)(F)C(F)(F)C(=O)N(C)C)n[nH]4)cc3)cc2)c1Cl. The molecule has 75 heavy (non-hydrogen) atoms. The third-order valence-electron chi connectivity index (χ3n) is 12.9. The lowest BCUT2D eigenvalue weighted by atomic mass is 9.81. The maximum Gasteiger partial charge on any atom is 0.410 e. The lowest BCUT2D eigenvalue weighted by molar-refractivity contribution is -0.224. The van der Waals surface area contributed by atoms with Gasteiger partial charge in [0.25, 0.3) is 11.8 Å². The molecule has 1 saturated heterocycles. The summed E-state index contributed by atoms with van der Waals surface area (Å²) < 4.78 is 69.6. The number of hydrogen-bond donors (Lipinski definition) is 5. The number of anilines is 1. The van der Waals surface area contributed by atoms with Crippen molar-refractivity contribution in [2.45, 2.75) is 129 Å². The fourth-order valence-corrected chi connectivity index (χ4v) is 8.98. The van der Waals surface area contributed by atoms with E-state index in [9.17, 15) is 46.3 Å². The Morgan fingerprint density at radius 3 is 2.00 bits per heavy atom. The standard InChI is InChI=1S/C53H66ClF4N9O8/c1-30-38(44(69)60-37-24-26-67(27-25-37)49(73)75-51(5,6)7)22-23-39(41(30)54)33-14-10-31(11-15-33)28-40(62-43(68)35-16-12-32(13-17-35)29-59-48(72)74-50(2,3)4)45(70)61-36-20-18-34(19-21-36)42-63-46(65-64-42)52(55,56)53(57,58)47(71)66(8)9/h10-11,14-15,18-23,32,35,37,40H,12-13,16-17,24-29H2,1-9H3,(H,59,72)(H,60,69)(H,61,70)(H,62,68)(H,63,64,65)/t32-,35-,40-/m0/s1.